The van der Waals surface area contributed by atoms with Crippen LogP contribution in [0.1, 0.15) is 33.1 Å². The molecule has 1 aliphatic rings. The summed E-state index contributed by atoms with van der Waals surface area (Å²) in [6, 6.07) is 0. The molecular weight excluding hydrogens is 200 g/mol. The summed E-state index contributed by atoms with van der Waals surface area (Å²) >= 11 is 0. The first-order valence-corrected chi connectivity index (χ1v) is 6.69. The first-order valence-electron chi connectivity index (χ1n) is 4.98. The highest BCUT2D eigenvalue weighted by Gasteiger charge is 2.33. The van der Waals surface area contributed by atoms with Crippen LogP contribution in [0.4, 0.5) is 0 Å². The molecule has 1 saturated heterocycles. The second kappa shape index (κ2) is 4.45. The van der Waals surface area contributed by atoms with Gasteiger partial charge in [-0.25, -0.2) is 8.42 Å². The van der Waals surface area contributed by atoms with E-state index < -0.39 is 21.2 Å². The Morgan fingerprint density at radius 3 is 2.57 bits per heavy atom. The number of aliphatic hydroxyl groups is 1. The molecule has 0 spiro atoms. The maximum absolute atomic E-state index is 11.6. The van der Waals surface area contributed by atoms with Gasteiger partial charge in [0, 0.05) is 0 Å². The van der Waals surface area contributed by atoms with Gasteiger partial charge in [0.15, 0.2) is 9.84 Å². The van der Waals surface area contributed by atoms with Gasteiger partial charge in [-0.3, -0.25) is 0 Å². The van der Waals surface area contributed by atoms with Gasteiger partial charge in [-0.1, -0.05) is 18.1 Å². The van der Waals surface area contributed by atoms with E-state index in [9.17, 15) is 13.5 Å². The minimum absolute atomic E-state index is 0.228. The Balaban J connectivity index is 2.80. The summed E-state index contributed by atoms with van der Waals surface area (Å²) in [5.74, 6) is 0.228. The Labute approximate surface area is 85.7 Å². The predicted molar refractivity (Wildman–Crippen MR) is 56.9 cm³/mol. The number of allylic oxidation sites excluding steroid dienone is 1. The number of hydrogen-bond donors (Lipinski definition) is 1. The van der Waals surface area contributed by atoms with E-state index in [2.05, 4.69) is 0 Å². The lowest BCUT2D eigenvalue weighted by atomic mass is 10.1. The van der Waals surface area contributed by atoms with Crippen molar-refractivity contribution in [3.05, 3.63) is 11.6 Å². The molecule has 1 rings (SSSR count). The van der Waals surface area contributed by atoms with Crippen LogP contribution in [0.2, 0.25) is 0 Å². The summed E-state index contributed by atoms with van der Waals surface area (Å²) in [4.78, 5) is 0. The van der Waals surface area contributed by atoms with Gasteiger partial charge < -0.3 is 5.11 Å². The van der Waals surface area contributed by atoms with Crippen molar-refractivity contribution < 1.29 is 13.5 Å². The lowest BCUT2D eigenvalue weighted by Crippen LogP contribution is -2.37. The van der Waals surface area contributed by atoms with E-state index in [1.54, 1.807) is 6.08 Å². The highest BCUT2D eigenvalue weighted by atomic mass is 32.2. The molecule has 1 aliphatic heterocycles. The Morgan fingerprint density at radius 1 is 1.43 bits per heavy atom. The molecule has 0 aromatic rings. The lowest BCUT2D eigenvalue weighted by Gasteiger charge is -2.25. The van der Waals surface area contributed by atoms with Crippen LogP contribution in [0.5, 0.6) is 0 Å². The van der Waals surface area contributed by atoms with Crippen molar-refractivity contribution in [3.8, 4) is 0 Å². The van der Waals surface area contributed by atoms with E-state index >= 15 is 0 Å². The average molecular weight is 218 g/mol. The molecule has 2 atom stereocenters. The highest BCUT2D eigenvalue weighted by Crippen LogP contribution is 2.23. The minimum Gasteiger partial charge on any atom is -0.388 e. The molecule has 4 heteroatoms. The average Bonchev–Trinajstić information content (AvgIpc) is 2.01. The van der Waals surface area contributed by atoms with Gasteiger partial charge in [0.05, 0.1) is 17.1 Å². The highest BCUT2D eigenvalue weighted by molar-refractivity contribution is 7.92. The molecule has 0 radical (unpaired) electrons. The molecule has 1 fully saturated rings. The van der Waals surface area contributed by atoms with Crippen molar-refractivity contribution in [1.29, 1.82) is 0 Å². The summed E-state index contributed by atoms with van der Waals surface area (Å²) in [5, 5.41) is 9.15. The van der Waals surface area contributed by atoms with Crippen molar-refractivity contribution in [3.63, 3.8) is 0 Å². The van der Waals surface area contributed by atoms with Gasteiger partial charge >= 0.3 is 0 Å². The van der Waals surface area contributed by atoms with Gasteiger partial charge in [0.2, 0.25) is 0 Å². The Bertz CT molecular complexity index is 312. The van der Waals surface area contributed by atoms with E-state index in [0.717, 1.165) is 18.4 Å². The first-order chi connectivity index (χ1) is 6.43. The third-order valence-electron chi connectivity index (χ3n) is 2.51. The van der Waals surface area contributed by atoms with Crippen molar-refractivity contribution in [1.82, 2.24) is 0 Å². The number of aliphatic hydroxyl groups excluding tert-OH is 1. The van der Waals surface area contributed by atoms with E-state index in [4.69, 9.17) is 0 Å². The SMILES string of the molecule is CC(C)=CC(O)C1CCCCS1(=O)=O. The summed E-state index contributed by atoms with van der Waals surface area (Å²) in [7, 11) is -3.06. The van der Waals surface area contributed by atoms with Crippen LogP contribution in [0.3, 0.4) is 0 Å². The van der Waals surface area contributed by atoms with Crippen molar-refractivity contribution in [2.24, 2.45) is 0 Å². The molecule has 1 heterocycles. The summed E-state index contributed by atoms with van der Waals surface area (Å²) < 4.78 is 23.2. The molecule has 14 heavy (non-hydrogen) atoms. The van der Waals surface area contributed by atoms with Gasteiger partial charge in [-0.05, 0) is 26.7 Å². The van der Waals surface area contributed by atoms with Crippen LogP contribution >= 0.6 is 0 Å². The van der Waals surface area contributed by atoms with Crippen LogP contribution in [0.25, 0.3) is 0 Å². The fourth-order valence-corrected chi connectivity index (χ4v) is 3.75. The quantitative estimate of drug-likeness (QED) is 0.710. The van der Waals surface area contributed by atoms with Gasteiger partial charge in [0.25, 0.3) is 0 Å². The number of hydrogen-bond acceptors (Lipinski definition) is 3. The van der Waals surface area contributed by atoms with E-state index in [1.165, 1.54) is 0 Å². The fourth-order valence-electron chi connectivity index (χ4n) is 1.81. The molecule has 0 aromatic carbocycles. The second-order valence-electron chi connectivity index (χ2n) is 4.14. The third kappa shape index (κ3) is 2.82. The fraction of sp³-hybridized carbons (Fsp3) is 0.800. The Kier molecular flexibility index (Phi) is 3.72. The molecule has 0 saturated carbocycles. The number of rotatable bonds is 2. The Hall–Kier alpha value is -0.350. The smallest absolute Gasteiger partial charge is 0.156 e. The van der Waals surface area contributed by atoms with Gasteiger partial charge in [0.1, 0.15) is 0 Å². The summed E-state index contributed by atoms with van der Waals surface area (Å²) in [6.07, 6.45) is 3.03. The minimum atomic E-state index is -3.06. The molecule has 1 N–H and O–H groups in total. The largest absolute Gasteiger partial charge is 0.388 e. The van der Waals surface area contributed by atoms with Crippen LogP contribution in [-0.4, -0.2) is 30.6 Å². The maximum Gasteiger partial charge on any atom is 0.156 e. The molecule has 0 aliphatic carbocycles. The number of sulfone groups is 1. The zero-order valence-corrected chi connectivity index (χ0v) is 9.55. The monoisotopic (exact) mass is 218 g/mol. The predicted octanol–water partition coefficient (Wildman–Crippen LogP) is 1.28. The van der Waals surface area contributed by atoms with Crippen molar-refractivity contribution >= 4 is 9.84 Å². The van der Waals surface area contributed by atoms with Crippen LogP contribution in [0.15, 0.2) is 11.6 Å². The molecule has 82 valence electrons. The second-order valence-corrected chi connectivity index (χ2v) is 6.48. The van der Waals surface area contributed by atoms with E-state index in [0.29, 0.717) is 6.42 Å². The summed E-state index contributed by atoms with van der Waals surface area (Å²) in [5.41, 5.74) is 0.957. The van der Waals surface area contributed by atoms with Crippen LogP contribution < -0.4 is 0 Å². The lowest BCUT2D eigenvalue weighted by molar-refractivity contribution is 0.207. The zero-order valence-electron chi connectivity index (χ0n) is 8.73. The zero-order chi connectivity index (χ0) is 10.8. The van der Waals surface area contributed by atoms with Crippen LogP contribution in [0, 0.1) is 0 Å². The maximum atomic E-state index is 11.6. The van der Waals surface area contributed by atoms with Crippen molar-refractivity contribution in [2.75, 3.05) is 5.75 Å². The van der Waals surface area contributed by atoms with Crippen LogP contribution in [-0.2, 0) is 9.84 Å². The topological polar surface area (TPSA) is 54.4 Å². The van der Waals surface area contributed by atoms with Crippen molar-refractivity contribution in [2.45, 2.75) is 44.5 Å². The van der Waals surface area contributed by atoms with E-state index in [-0.39, 0.29) is 5.75 Å². The third-order valence-corrected chi connectivity index (χ3v) is 4.81. The van der Waals surface area contributed by atoms with E-state index in [1.807, 2.05) is 13.8 Å². The summed E-state index contributed by atoms with van der Waals surface area (Å²) in [6.45, 7) is 3.72. The Morgan fingerprint density at radius 2 is 2.07 bits per heavy atom. The van der Waals surface area contributed by atoms with Gasteiger partial charge in [-0.2, -0.15) is 0 Å². The molecule has 0 bridgehead atoms. The molecule has 3 nitrogen and oxygen atoms in total. The standard InChI is InChI=1S/C10H18O3S/c1-8(2)7-9(11)10-5-3-4-6-14(10,12)13/h7,9-11H,3-6H2,1-2H3. The first kappa shape index (κ1) is 11.7. The molecule has 0 amide bonds. The molecular formula is C10H18O3S. The normalized spacial score (nSPS) is 28.1. The van der Waals surface area contributed by atoms with Gasteiger partial charge in [-0.15, -0.1) is 0 Å². The molecule has 0 aromatic heterocycles. The molecule has 2 unspecified atom stereocenters.